The van der Waals surface area contributed by atoms with Crippen LogP contribution in [0.5, 0.6) is 0 Å². The van der Waals surface area contributed by atoms with Gasteiger partial charge in [-0.1, -0.05) is 11.6 Å². The molecule has 0 aliphatic carbocycles. The van der Waals surface area contributed by atoms with Crippen molar-refractivity contribution >= 4 is 23.6 Å². The van der Waals surface area contributed by atoms with Gasteiger partial charge >= 0.3 is 12.1 Å². The smallest absolute Gasteiger partial charge is 0.416 e. The van der Waals surface area contributed by atoms with Gasteiger partial charge < -0.3 is 4.74 Å². The van der Waals surface area contributed by atoms with Crippen molar-refractivity contribution in [1.82, 2.24) is 0 Å². The zero-order valence-corrected chi connectivity index (χ0v) is 9.47. The number of ether oxygens (including phenoxy) is 1. The maximum atomic E-state index is 12.4. The van der Waals surface area contributed by atoms with E-state index in [1.165, 1.54) is 13.2 Å². The first kappa shape index (κ1) is 13.6. The summed E-state index contributed by atoms with van der Waals surface area (Å²) in [6.07, 6.45) is -2.27. The number of hydrogen-bond acceptors (Lipinski definition) is 2. The third-order valence-corrected chi connectivity index (χ3v) is 2.27. The first-order chi connectivity index (χ1) is 7.84. The SMILES string of the molecule is COC(=O)/C=C/c1cc(C(F)(F)F)ccc1Cl. The lowest BCUT2D eigenvalue weighted by atomic mass is 10.1. The summed E-state index contributed by atoms with van der Waals surface area (Å²) in [5, 5.41) is 0.123. The minimum Gasteiger partial charge on any atom is -0.466 e. The molecule has 92 valence electrons. The number of hydrogen-bond donors (Lipinski definition) is 0. The van der Waals surface area contributed by atoms with Crippen molar-refractivity contribution in [1.29, 1.82) is 0 Å². The Bertz CT molecular complexity index is 453. The number of halogens is 4. The first-order valence-electron chi connectivity index (χ1n) is 4.47. The Hall–Kier alpha value is -1.49. The number of rotatable bonds is 2. The highest BCUT2D eigenvalue weighted by molar-refractivity contribution is 6.32. The van der Waals surface area contributed by atoms with Crippen LogP contribution in [0.25, 0.3) is 6.08 Å². The van der Waals surface area contributed by atoms with Gasteiger partial charge in [-0.05, 0) is 29.8 Å². The number of methoxy groups -OCH3 is 1. The Balaban J connectivity index is 3.07. The summed E-state index contributed by atoms with van der Waals surface area (Å²) in [7, 11) is 1.17. The topological polar surface area (TPSA) is 26.3 Å². The maximum absolute atomic E-state index is 12.4. The van der Waals surface area contributed by atoms with Crippen molar-refractivity contribution in [2.24, 2.45) is 0 Å². The second kappa shape index (κ2) is 5.23. The van der Waals surface area contributed by atoms with Crippen LogP contribution in [0.3, 0.4) is 0 Å². The quantitative estimate of drug-likeness (QED) is 0.603. The Morgan fingerprint density at radius 2 is 2.06 bits per heavy atom. The molecule has 0 N–H and O–H groups in total. The van der Waals surface area contributed by atoms with E-state index in [9.17, 15) is 18.0 Å². The lowest BCUT2D eigenvalue weighted by Crippen LogP contribution is -2.04. The molecule has 1 rings (SSSR count). The van der Waals surface area contributed by atoms with Gasteiger partial charge in [-0.25, -0.2) is 4.79 Å². The predicted octanol–water partition coefficient (Wildman–Crippen LogP) is 3.55. The van der Waals surface area contributed by atoms with Crippen molar-refractivity contribution in [2.45, 2.75) is 6.18 Å². The van der Waals surface area contributed by atoms with Crippen LogP contribution in [-0.2, 0) is 15.7 Å². The van der Waals surface area contributed by atoms with Crippen molar-refractivity contribution in [3.05, 3.63) is 40.4 Å². The third-order valence-electron chi connectivity index (χ3n) is 1.92. The summed E-state index contributed by atoms with van der Waals surface area (Å²) in [5.74, 6) is -0.668. The minimum absolute atomic E-state index is 0.104. The van der Waals surface area contributed by atoms with Crippen molar-refractivity contribution in [2.75, 3.05) is 7.11 Å². The Morgan fingerprint density at radius 3 is 2.59 bits per heavy atom. The molecule has 17 heavy (non-hydrogen) atoms. The maximum Gasteiger partial charge on any atom is 0.416 e. The van der Waals surface area contributed by atoms with E-state index in [-0.39, 0.29) is 10.6 Å². The van der Waals surface area contributed by atoms with Crippen LogP contribution in [-0.4, -0.2) is 13.1 Å². The molecule has 0 spiro atoms. The molecule has 0 fully saturated rings. The standard InChI is InChI=1S/C11H8ClF3O2/c1-17-10(16)5-2-7-6-8(11(13,14)15)3-4-9(7)12/h2-6H,1H3/b5-2+. The second-order valence-corrected chi connectivity index (χ2v) is 3.50. The van der Waals surface area contributed by atoms with E-state index in [1.54, 1.807) is 0 Å². The normalized spacial score (nSPS) is 11.8. The molecule has 0 amide bonds. The van der Waals surface area contributed by atoms with E-state index < -0.39 is 17.7 Å². The average Bonchev–Trinajstić information content (AvgIpc) is 2.26. The van der Waals surface area contributed by atoms with E-state index in [0.29, 0.717) is 0 Å². The summed E-state index contributed by atoms with van der Waals surface area (Å²) < 4.78 is 41.5. The van der Waals surface area contributed by atoms with Gasteiger partial charge in [0, 0.05) is 11.1 Å². The fraction of sp³-hybridized carbons (Fsp3) is 0.182. The van der Waals surface area contributed by atoms with Gasteiger partial charge in [-0.15, -0.1) is 0 Å². The van der Waals surface area contributed by atoms with Gasteiger partial charge in [-0.2, -0.15) is 13.2 Å². The summed E-state index contributed by atoms with van der Waals surface area (Å²) in [6, 6.07) is 2.86. The molecule has 0 unspecified atom stereocenters. The predicted molar refractivity (Wildman–Crippen MR) is 57.5 cm³/mol. The highest BCUT2D eigenvalue weighted by Crippen LogP contribution is 2.32. The molecule has 0 aliphatic heterocycles. The Labute approximate surface area is 101 Å². The molecular formula is C11H8ClF3O2. The summed E-state index contributed by atoms with van der Waals surface area (Å²) in [6.45, 7) is 0. The highest BCUT2D eigenvalue weighted by Gasteiger charge is 2.30. The van der Waals surface area contributed by atoms with E-state index >= 15 is 0 Å². The Morgan fingerprint density at radius 1 is 1.41 bits per heavy atom. The number of carbonyl (C=O) groups is 1. The largest absolute Gasteiger partial charge is 0.466 e. The van der Waals surface area contributed by atoms with Gasteiger partial charge in [0.05, 0.1) is 12.7 Å². The molecule has 2 nitrogen and oxygen atoms in total. The Kier molecular flexibility index (Phi) is 4.17. The molecule has 0 saturated heterocycles. The number of esters is 1. The fourth-order valence-corrected chi connectivity index (χ4v) is 1.25. The first-order valence-corrected chi connectivity index (χ1v) is 4.85. The van der Waals surface area contributed by atoms with E-state index in [0.717, 1.165) is 24.3 Å². The van der Waals surface area contributed by atoms with Gasteiger partial charge in [0.15, 0.2) is 0 Å². The zero-order chi connectivity index (χ0) is 13.1. The fourth-order valence-electron chi connectivity index (χ4n) is 1.07. The van der Waals surface area contributed by atoms with E-state index in [2.05, 4.69) is 4.74 Å². The van der Waals surface area contributed by atoms with Gasteiger partial charge in [0.25, 0.3) is 0 Å². The van der Waals surface area contributed by atoms with E-state index in [1.807, 2.05) is 0 Å². The van der Waals surface area contributed by atoms with Crippen LogP contribution in [0, 0.1) is 0 Å². The van der Waals surface area contributed by atoms with Gasteiger partial charge in [-0.3, -0.25) is 0 Å². The van der Waals surface area contributed by atoms with Crippen molar-refractivity contribution < 1.29 is 22.7 Å². The zero-order valence-electron chi connectivity index (χ0n) is 8.72. The second-order valence-electron chi connectivity index (χ2n) is 3.09. The molecule has 0 aliphatic rings. The molecule has 1 aromatic rings. The number of benzene rings is 1. The van der Waals surface area contributed by atoms with Crippen LogP contribution >= 0.6 is 11.6 Å². The summed E-state index contributed by atoms with van der Waals surface area (Å²) >= 11 is 5.70. The highest BCUT2D eigenvalue weighted by atomic mass is 35.5. The van der Waals surface area contributed by atoms with Crippen LogP contribution < -0.4 is 0 Å². The molecule has 0 radical (unpaired) electrons. The lowest BCUT2D eigenvalue weighted by Gasteiger charge is -2.08. The minimum atomic E-state index is -4.45. The average molecular weight is 265 g/mol. The van der Waals surface area contributed by atoms with Crippen LogP contribution in [0.2, 0.25) is 5.02 Å². The molecular weight excluding hydrogens is 257 g/mol. The molecule has 0 saturated carbocycles. The van der Waals surface area contributed by atoms with Crippen LogP contribution in [0.15, 0.2) is 24.3 Å². The lowest BCUT2D eigenvalue weighted by molar-refractivity contribution is -0.137. The summed E-state index contributed by atoms with van der Waals surface area (Å²) in [4.78, 5) is 10.8. The molecule has 1 aromatic carbocycles. The van der Waals surface area contributed by atoms with Crippen molar-refractivity contribution in [3.8, 4) is 0 Å². The van der Waals surface area contributed by atoms with Crippen LogP contribution in [0.1, 0.15) is 11.1 Å². The van der Waals surface area contributed by atoms with Crippen LogP contribution in [0.4, 0.5) is 13.2 Å². The molecule has 6 heteroatoms. The van der Waals surface area contributed by atoms with Crippen molar-refractivity contribution in [3.63, 3.8) is 0 Å². The molecule has 0 heterocycles. The monoisotopic (exact) mass is 264 g/mol. The van der Waals surface area contributed by atoms with Gasteiger partial charge in [0.2, 0.25) is 0 Å². The summed E-state index contributed by atoms with van der Waals surface area (Å²) in [5.41, 5.74) is -0.724. The molecule has 0 bridgehead atoms. The number of alkyl halides is 3. The number of carbonyl (C=O) groups excluding carboxylic acids is 1. The third kappa shape index (κ3) is 3.78. The molecule has 0 atom stereocenters. The van der Waals surface area contributed by atoms with E-state index in [4.69, 9.17) is 11.6 Å². The van der Waals surface area contributed by atoms with Gasteiger partial charge in [0.1, 0.15) is 0 Å². The molecule has 0 aromatic heterocycles.